The van der Waals surface area contributed by atoms with Crippen LogP contribution in [0.2, 0.25) is 0 Å². The van der Waals surface area contributed by atoms with E-state index in [4.69, 9.17) is 4.74 Å². The van der Waals surface area contributed by atoms with Gasteiger partial charge in [-0.05, 0) is 43.5 Å². The second kappa shape index (κ2) is 4.53. The molecule has 0 saturated carbocycles. The number of halogens is 1. The predicted octanol–water partition coefficient (Wildman–Crippen LogP) is 3.77. The molecule has 0 aliphatic rings. The zero-order chi connectivity index (χ0) is 12.6. The smallest absolute Gasteiger partial charge is 0.131 e. The first-order valence-electron chi connectivity index (χ1n) is 5.41. The highest BCUT2D eigenvalue weighted by Crippen LogP contribution is 2.41. The summed E-state index contributed by atoms with van der Waals surface area (Å²) in [5, 5.41) is 6.99. The lowest BCUT2D eigenvalue weighted by Crippen LogP contribution is -1.99. The largest absolute Gasteiger partial charge is 0.496 e. The Morgan fingerprint density at radius 2 is 1.88 bits per heavy atom. The Kier molecular flexibility index (Phi) is 3.24. The highest BCUT2D eigenvalue weighted by molar-refractivity contribution is 9.10. The normalized spacial score (nSPS) is 10.6. The Bertz CT molecular complexity index is 547. The fraction of sp³-hybridized carbons (Fsp3) is 0.308. The van der Waals surface area contributed by atoms with Crippen molar-refractivity contribution in [2.75, 3.05) is 7.11 Å². The van der Waals surface area contributed by atoms with E-state index in [1.54, 1.807) is 13.3 Å². The number of nitrogens with one attached hydrogen (secondary N) is 1. The van der Waals surface area contributed by atoms with E-state index in [-0.39, 0.29) is 0 Å². The van der Waals surface area contributed by atoms with E-state index in [2.05, 4.69) is 46.9 Å². The molecular weight excluding hydrogens is 280 g/mol. The fourth-order valence-corrected chi connectivity index (χ4v) is 2.55. The predicted molar refractivity (Wildman–Crippen MR) is 72.5 cm³/mol. The van der Waals surface area contributed by atoms with E-state index in [1.807, 2.05) is 6.07 Å². The van der Waals surface area contributed by atoms with Gasteiger partial charge in [0.05, 0.1) is 12.8 Å². The van der Waals surface area contributed by atoms with E-state index in [9.17, 15) is 0 Å². The number of methoxy groups -OCH3 is 1. The number of aromatic amines is 1. The Morgan fingerprint density at radius 1 is 1.18 bits per heavy atom. The maximum atomic E-state index is 5.55. The average molecular weight is 295 g/mol. The minimum atomic E-state index is 0.910. The van der Waals surface area contributed by atoms with Gasteiger partial charge in [0, 0.05) is 16.2 Å². The summed E-state index contributed by atoms with van der Waals surface area (Å²) in [4.78, 5) is 0. The van der Waals surface area contributed by atoms with Crippen LogP contribution in [-0.2, 0) is 0 Å². The lowest BCUT2D eigenvalue weighted by atomic mass is 9.97. The van der Waals surface area contributed by atoms with Crippen LogP contribution in [0.5, 0.6) is 5.75 Å². The van der Waals surface area contributed by atoms with Crippen molar-refractivity contribution < 1.29 is 4.74 Å². The minimum absolute atomic E-state index is 0.910. The molecule has 1 aromatic carbocycles. The van der Waals surface area contributed by atoms with Crippen LogP contribution < -0.4 is 4.74 Å². The van der Waals surface area contributed by atoms with Gasteiger partial charge in [-0.2, -0.15) is 5.10 Å². The molecule has 2 aromatic rings. The summed E-state index contributed by atoms with van der Waals surface area (Å²) in [5.74, 6) is 0.910. The van der Waals surface area contributed by atoms with Crippen LogP contribution in [0.4, 0.5) is 0 Å². The van der Waals surface area contributed by atoms with Gasteiger partial charge in [0.1, 0.15) is 5.75 Å². The van der Waals surface area contributed by atoms with Gasteiger partial charge in [0.25, 0.3) is 0 Å². The molecule has 17 heavy (non-hydrogen) atoms. The van der Waals surface area contributed by atoms with Gasteiger partial charge in [-0.3, -0.25) is 5.10 Å². The monoisotopic (exact) mass is 294 g/mol. The number of rotatable bonds is 2. The van der Waals surface area contributed by atoms with Crippen LogP contribution >= 0.6 is 15.9 Å². The van der Waals surface area contributed by atoms with Crippen LogP contribution in [0.1, 0.15) is 16.7 Å². The molecule has 0 atom stereocenters. The number of H-pyrrole nitrogens is 1. The molecule has 0 spiro atoms. The summed E-state index contributed by atoms with van der Waals surface area (Å²) in [7, 11) is 1.70. The second-order valence-corrected chi connectivity index (χ2v) is 4.86. The number of ether oxygens (including phenoxy) is 1. The molecule has 1 heterocycles. The maximum absolute atomic E-state index is 5.55. The molecule has 0 fully saturated rings. The SMILES string of the molecule is COc1c(C)c(C)c(Br)c(C)c1-c1ccn[nH]1. The average Bonchev–Trinajstić information content (AvgIpc) is 2.84. The van der Waals surface area contributed by atoms with E-state index in [0.29, 0.717) is 0 Å². The first-order chi connectivity index (χ1) is 8.07. The highest BCUT2D eigenvalue weighted by Gasteiger charge is 2.18. The second-order valence-electron chi connectivity index (χ2n) is 4.07. The van der Waals surface area contributed by atoms with E-state index >= 15 is 0 Å². The minimum Gasteiger partial charge on any atom is -0.496 e. The van der Waals surface area contributed by atoms with Gasteiger partial charge in [-0.25, -0.2) is 0 Å². The summed E-state index contributed by atoms with van der Waals surface area (Å²) in [6, 6.07) is 1.95. The first kappa shape index (κ1) is 12.2. The highest BCUT2D eigenvalue weighted by atomic mass is 79.9. The van der Waals surface area contributed by atoms with E-state index in [0.717, 1.165) is 32.6 Å². The Balaban J connectivity index is 2.82. The molecule has 4 heteroatoms. The van der Waals surface area contributed by atoms with Crippen LogP contribution in [0, 0.1) is 20.8 Å². The zero-order valence-electron chi connectivity index (χ0n) is 10.4. The third-order valence-electron chi connectivity index (χ3n) is 3.14. The molecule has 2 rings (SSSR count). The molecule has 0 amide bonds. The van der Waals surface area contributed by atoms with Gasteiger partial charge >= 0.3 is 0 Å². The van der Waals surface area contributed by atoms with Crippen LogP contribution in [0.15, 0.2) is 16.7 Å². The zero-order valence-corrected chi connectivity index (χ0v) is 12.0. The summed E-state index contributed by atoms with van der Waals surface area (Å²) in [5.41, 5.74) is 5.56. The number of hydrogen-bond donors (Lipinski definition) is 1. The molecule has 0 aliphatic carbocycles. The molecule has 0 aliphatic heterocycles. The Hall–Kier alpha value is -1.29. The lowest BCUT2D eigenvalue weighted by molar-refractivity contribution is 0.412. The molecule has 90 valence electrons. The number of benzene rings is 1. The molecule has 1 aromatic heterocycles. The van der Waals surface area contributed by atoms with Gasteiger partial charge in [-0.15, -0.1) is 0 Å². The van der Waals surface area contributed by atoms with Crippen molar-refractivity contribution in [1.82, 2.24) is 10.2 Å². The lowest BCUT2D eigenvalue weighted by Gasteiger charge is -2.17. The first-order valence-corrected chi connectivity index (χ1v) is 6.20. The van der Waals surface area contributed by atoms with Crippen molar-refractivity contribution in [3.05, 3.63) is 33.4 Å². The Labute approximate surface area is 109 Å². The van der Waals surface area contributed by atoms with Crippen molar-refractivity contribution in [2.45, 2.75) is 20.8 Å². The Morgan fingerprint density at radius 3 is 2.41 bits per heavy atom. The summed E-state index contributed by atoms with van der Waals surface area (Å²) < 4.78 is 6.67. The van der Waals surface area contributed by atoms with Crippen molar-refractivity contribution >= 4 is 15.9 Å². The van der Waals surface area contributed by atoms with Gasteiger partial charge < -0.3 is 4.74 Å². The van der Waals surface area contributed by atoms with Crippen LogP contribution in [-0.4, -0.2) is 17.3 Å². The van der Waals surface area contributed by atoms with Gasteiger partial charge in [0.15, 0.2) is 0 Å². The van der Waals surface area contributed by atoms with E-state index < -0.39 is 0 Å². The van der Waals surface area contributed by atoms with Crippen LogP contribution in [0.25, 0.3) is 11.3 Å². The standard InChI is InChI=1S/C13H15BrN2O/c1-7-8(2)13(17-4)11(9(3)12(7)14)10-5-6-15-16-10/h5-6H,1-4H3,(H,15,16). The quantitative estimate of drug-likeness (QED) is 0.915. The summed E-state index contributed by atoms with van der Waals surface area (Å²) in [6.45, 7) is 6.24. The topological polar surface area (TPSA) is 37.9 Å². The number of aromatic nitrogens is 2. The summed E-state index contributed by atoms with van der Waals surface area (Å²) in [6.07, 6.45) is 1.75. The van der Waals surface area contributed by atoms with Gasteiger partial charge in [-0.1, -0.05) is 15.9 Å². The molecule has 3 nitrogen and oxygen atoms in total. The molecule has 0 saturated heterocycles. The molecule has 0 radical (unpaired) electrons. The van der Waals surface area contributed by atoms with Gasteiger partial charge in [0.2, 0.25) is 0 Å². The van der Waals surface area contributed by atoms with Crippen molar-refractivity contribution in [3.63, 3.8) is 0 Å². The van der Waals surface area contributed by atoms with Crippen molar-refractivity contribution in [3.8, 4) is 17.0 Å². The van der Waals surface area contributed by atoms with Crippen LogP contribution in [0.3, 0.4) is 0 Å². The van der Waals surface area contributed by atoms with Crippen molar-refractivity contribution in [2.24, 2.45) is 0 Å². The van der Waals surface area contributed by atoms with Crippen molar-refractivity contribution in [1.29, 1.82) is 0 Å². The number of hydrogen-bond acceptors (Lipinski definition) is 2. The summed E-state index contributed by atoms with van der Waals surface area (Å²) >= 11 is 3.64. The fourth-order valence-electron chi connectivity index (χ4n) is 2.06. The molecule has 0 unspecified atom stereocenters. The maximum Gasteiger partial charge on any atom is 0.131 e. The molecular formula is C13H15BrN2O. The number of nitrogens with zero attached hydrogens (tertiary/aromatic N) is 1. The van der Waals surface area contributed by atoms with E-state index in [1.165, 1.54) is 5.56 Å². The molecule has 1 N–H and O–H groups in total. The third-order valence-corrected chi connectivity index (χ3v) is 4.33. The molecule has 0 bridgehead atoms. The third kappa shape index (κ3) is 1.86.